The first-order valence-electron chi connectivity index (χ1n) is 11.3. The molecule has 0 aromatic carbocycles. The summed E-state index contributed by atoms with van der Waals surface area (Å²) in [7, 11) is 0. The van der Waals surface area contributed by atoms with Crippen molar-refractivity contribution < 1.29 is 9.59 Å². The van der Waals surface area contributed by atoms with Crippen molar-refractivity contribution in [3.63, 3.8) is 0 Å². The smallest absolute Gasteiger partial charge is 0.225 e. The van der Waals surface area contributed by atoms with E-state index in [0.717, 1.165) is 60.6 Å². The number of amides is 2. The van der Waals surface area contributed by atoms with Gasteiger partial charge in [0.1, 0.15) is 0 Å². The van der Waals surface area contributed by atoms with Crippen molar-refractivity contribution in [1.29, 1.82) is 0 Å². The van der Waals surface area contributed by atoms with Gasteiger partial charge in [-0.2, -0.15) is 5.10 Å². The largest absolute Gasteiger partial charge is 0.342 e. The Hall–Kier alpha value is -3.29. The third-order valence-electron chi connectivity index (χ3n) is 6.58. The number of nitrogens with one attached hydrogen (secondary N) is 1. The molecule has 5 rings (SSSR count). The Morgan fingerprint density at radius 1 is 1.22 bits per heavy atom. The average molecular weight is 433 g/mol. The first-order chi connectivity index (χ1) is 15.5. The first kappa shape index (κ1) is 20.6. The van der Waals surface area contributed by atoms with Crippen LogP contribution in [0.5, 0.6) is 0 Å². The zero-order valence-electron chi connectivity index (χ0n) is 18.5. The van der Waals surface area contributed by atoms with Crippen LogP contribution in [0.15, 0.2) is 30.6 Å². The molecule has 0 radical (unpaired) electrons. The first-order valence-corrected chi connectivity index (χ1v) is 11.3. The molecular weight excluding hydrogens is 404 g/mol. The highest BCUT2D eigenvalue weighted by molar-refractivity contribution is 5.90. The molecule has 1 saturated heterocycles. The molecule has 8 heteroatoms. The van der Waals surface area contributed by atoms with Crippen LogP contribution >= 0.6 is 0 Å². The van der Waals surface area contributed by atoms with Crippen molar-refractivity contribution >= 4 is 23.1 Å². The minimum atomic E-state index is -0.0515. The summed E-state index contributed by atoms with van der Waals surface area (Å²) in [6.45, 7) is 5.58. The molecule has 3 aromatic rings. The van der Waals surface area contributed by atoms with Crippen LogP contribution in [0, 0.1) is 19.8 Å². The fourth-order valence-corrected chi connectivity index (χ4v) is 4.59. The molecule has 1 aliphatic heterocycles. The van der Waals surface area contributed by atoms with Crippen molar-refractivity contribution in [3.8, 4) is 0 Å². The van der Waals surface area contributed by atoms with Crippen LogP contribution in [0.3, 0.4) is 0 Å². The van der Waals surface area contributed by atoms with Gasteiger partial charge < -0.3 is 10.2 Å². The molecular formula is C24H28N6O2. The maximum Gasteiger partial charge on any atom is 0.225 e. The van der Waals surface area contributed by atoms with Crippen LogP contribution in [0.4, 0.5) is 5.69 Å². The Morgan fingerprint density at radius 2 is 2.06 bits per heavy atom. The number of hydrogen-bond acceptors (Lipinski definition) is 5. The van der Waals surface area contributed by atoms with Gasteiger partial charge in [-0.1, -0.05) is 0 Å². The number of likely N-dealkylation sites (tertiary alicyclic amines) is 1. The maximum atomic E-state index is 12.4. The fraction of sp³-hybridized carbons (Fsp3) is 0.458. The molecule has 4 heterocycles. The molecule has 0 bridgehead atoms. The minimum Gasteiger partial charge on any atom is -0.342 e. The van der Waals surface area contributed by atoms with Gasteiger partial charge in [0.2, 0.25) is 11.8 Å². The van der Waals surface area contributed by atoms with E-state index >= 15 is 0 Å². The summed E-state index contributed by atoms with van der Waals surface area (Å²) in [6.07, 6.45) is 7.29. The molecule has 32 heavy (non-hydrogen) atoms. The van der Waals surface area contributed by atoms with Gasteiger partial charge in [0.05, 0.1) is 17.6 Å². The summed E-state index contributed by atoms with van der Waals surface area (Å²) in [4.78, 5) is 35.6. The molecule has 2 amide bonds. The predicted octanol–water partition coefficient (Wildman–Crippen LogP) is 3.04. The molecule has 2 fully saturated rings. The van der Waals surface area contributed by atoms with E-state index in [-0.39, 0.29) is 17.7 Å². The Kier molecular flexibility index (Phi) is 5.36. The minimum absolute atomic E-state index is 0.0515. The summed E-state index contributed by atoms with van der Waals surface area (Å²) < 4.78 is 1.89. The Labute approximate surface area is 187 Å². The molecule has 166 valence electrons. The summed E-state index contributed by atoms with van der Waals surface area (Å²) in [5.41, 5.74) is 5.50. The van der Waals surface area contributed by atoms with Crippen LogP contribution in [0.25, 0.3) is 5.65 Å². The van der Waals surface area contributed by atoms with Gasteiger partial charge in [0.15, 0.2) is 5.65 Å². The second kappa shape index (κ2) is 8.33. The standard InChI is InChI=1S/C24H28N6O2/c1-15-20(7-8-23(31)27-19-4-3-10-25-13-19)16(2)30-22(26-15)12-21(28-30)18-9-11-29(14-18)24(32)17-5-6-17/h3-4,10,12-13,17-18H,5-9,11,14H2,1-2H3,(H,27,31)/t18-/m1/s1. The Balaban J connectivity index is 1.29. The second-order valence-electron chi connectivity index (χ2n) is 8.93. The van der Waals surface area contributed by atoms with Gasteiger partial charge in [-0.25, -0.2) is 9.50 Å². The molecule has 0 spiro atoms. The number of aromatic nitrogens is 4. The second-order valence-corrected chi connectivity index (χ2v) is 8.93. The molecule has 3 aromatic heterocycles. The van der Waals surface area contributed by atoms with E-state index in [1.807, 2.05) is 29.3 Å². The summed E-state index contributed by atoms with van der Waals surface area (Å²) in [5.74, 6) is 0.782. The van der Waals surface area contributed by atoms with Gasteiger partial charge in [-0.05, 0) is 57.2 Å². The SMILES string of the molecule is Cc1nc2cc([C@@H]3CCN(C(=O)C4CC4)C3)nn2c(C)c1CCC(=O)Nc1cccnc1. The van der Waals surface area contributed by atoms with E-state index in [1.165, 1.54) is 0 Å². The van der Waals surface area contributed by atoms with Gasteiger partial charge in [-0.3, -0.25) is 14.6 Å². The van der Waals surface area contributed by atoms with Crippen molar-refractivity contribution in [1.82, 2.24) is 24.5 Å². The van der Waals surface area contributed by atoms with E-state index in [1.54, 1.807) is 18.5 Å². The number of carbonyl (C=O) groups is 2. The van der Waals surface area contributed by atoms with Crippen LogP contribution < -0.4 is 5.32 Å². The van der Waals surface area contributed by atoms with Crippen molar-refractivity contribution in [2.24, 2.45) is 5.92 Å². The quantitative estimate of drug-likeness (QED) is 0.646. The van der Waals surface area contributed by atoms with Crippen LogP contribution in [0.2, 0.25) is 0 Å². The van der Waals surface area contributed by atoms with E-state index in [2.05, 4.69) is 16.4 Å². The lowest BCUT2D eigenvalue weighted by Crippen LogP contribution is -2.29. The van der Waals surface area contributed by atoms with Crippen LogP contribution in [-0.2, 0) is 16.0 Å². The summed E-state index contributed by atoms with van der Waals surface area (Å²) in [5, 5.41) is 7.73. The molecule has 1 saturated carbocycles. The zero-order valence-corrected chi connectivity index (χ0v) is 18.5. The lowest BCUT2D eigenvalue weighted by molar-refractivity contribution is -0.131. The van der Waals surface area contributed by atoms with Gasteiger partial charge in [0, 0.05) is 55.0 Å². The van der Waals surface area contributed by atoms with Gasteiger partial charge in [-0.15, -0.1) is 0 Å². The topological polar surface area (TPSA) is 92.5 Å². The average Bonchev–Trinajstić information content (AvgIpc) is 3.35. The number of anilines is 1. The molecule has 1 atom stereocenters. The van der Waals surface area contributed by atoms with Crippen molar-refractivity contribution in [2.45, 2.75) is 51.9 Å². The number of hydrogen-bond donors (Lipinski definition) is 1. The predicted molar refractivity (Wildman–Crippen MR) is 120 cm³/mol. The zero-order chi connectivity index (χ0) is 22.2. The highest BCUT2D eigenvalue weighted by atomic mass is 16.2. The van der Waals surface area contributed by atoms with Gasteiger partial charge in [0.25, 0.3) is 0 Å². The van der Waals surface area contributed by atoms with Crippen LogP contribution in [-0.4, -0.2) is 49.4 Å². The highest BCUT2D eigenvalue weighted by Gasteiger charge is 2.37. The highest BCUT2D eigenvalue weighted by Crippen LogP contribution is 2.35. The number of pyridine rings is 1. The normalized spacial score (nSPS) is 18.3. The summed E-state index contributed by atoms with van der Waals surface area (Å²) in [6, 6.07) is 5.67. The third-order valence-corrected chi connectivity index (χ3v) is 6.58. The Morgan fingerprint density at radius 3 is 2.81 bits per heavy atom. The Bertz CT molecular complexity index is 1170. The maximum absolute atomic E-state index is 12.4. The van der Waals surface area contributed by atoms with Crippen molar-refractivity contribution in [2.75, 3.05) is 18.4 Å². The van der Waals surface area contributed by atoms with E-state index in [9.17, 15) is 9.59 Å². The number of aryl methyl sites for hydroxylation is 2. The summed E-state index contributed by atoms with van der Waals surface area (Å²) >= 11 is 0. The molecule has 1 N–H and O–H groups in total. The molecule has 2 aliphatic rings. The van der Waals surface area contributed by atoms with E-state index < -0.39 is 0 Å². The fourth-order valence-electron chi connectivity index (χ4n) is 4.59. The number of rotatable bonds is 6. The third kappa shape index (κ3) is 4.09. The monoisotopic (exact) mass is 432 g/mol. The van der Waals surface area contributed by atoms with E-state index in [0.29, 0.717) is 24.4 Å². The number of fused-ring (bicyclic) bond motifs is 1. The van der Waals surface area contributed by atoms with Gasteiger partial charge >= 0.3 is 0 Å². The van der Waals surface area contributed by atoms with E-state index in [4.69, 9.17) is 10.1 Å². The molecule has 1 aliphatic carbocycles. The lowest BCUT2D eigenvalue weighted by Gasteiger charge is -2.15. The van der Waals surface area contributed by atoms with Crippen molar-refractivity contribution in [3.05, 3.63) is 53.2 Å². The molecule has 0 unspecified atom stereocenters. The van der Waals surface area contributed by atoms with Crippen LogP contribution in [0.1, 0.15) is 54.2 Å². The lowest BCUT2D eigenvalue weighted by atomic mass is 10.1. The number of nitrogens with zero attached hydrogens (tertiary/aromatic N) is 5. The molecule has 8 nitrogen and oxygen atoms in total. The number of carbonyl (C=O) groups excluding carboxylic acids is 2.